The van der Waals surface area contributed by atoms with E-state index >= 15 is 0 Å². The molecular weight excluding hydrogens is 324 g/mol. The van der Waals surface area contributed by atoms with Crippen molar-refractivity contribution in [3.63, 3.8) is 0 Å². The smallest absolute Gasteiger partial charge is 0.257 e. The zero-order valence-electron chi connectivity index (χ0n) is 13.3. The molecule has 0 unspecified atom stereocenters. The molecule has 24 heavy (non-hydrogen) atoms. The van der Waals surface area contributed by atoms with Crippen molar-refractivity contribution in [2.45, 2.75) is 32.6 Å². The molecule has 3 aromatic rings. The monoisotopic (exact) mass is 342 g/mol. The largest absolute Gasteiger partial charge is 0.296 e. The molecule has 0 atom stereocenters. The van der Waals surface area contributed by atoms with Gasteiger partial charge in [0.2, 0.25) is 5.13 Å². The van der Waals surface area contributed by atoms with E-state index in [1.165, 1.54) is 30.5 Å². The molecule has 3 rings (SSSR count). The van der Waals surface area contributed by atoms with E-state index in [9.17, 15) is 4.79 Å². The van der Waals surface area contributed by atoms with Gasteiger partial charge in [-0.1, -0.05) is 31.1 Å². The molecule has 0 radical (unpaired) electrons. The highest BCUT2D eigenvalue weighted by Gasteiger charge is 2.10. The summed E-state index contributed by atoms with van der Waals surface area (Å²) < 4.78 is 1.63. The number of unbranched alkanes of at least 4 members (excludes halogenated alkanes) is 2. The number of carbonyl (C=O) groups is 1. The molecule has 0 spiro atoms. The molecular formula is C16H18N6OS. The quantitative estimate of drug-likeness (QED) is 0.667. The van der Waals surface area contributed by atoms with Crippen molar-refractivity contribution in [1.29, 1.82) is 0 Å². The van der Waals surface area contributed by atoms with Gasteiger partial charge >= 0.3 is 0 Å². The predicted octanol–water partition coefficient (Wildman–Crippen LogP) is 3.10. The van der Waals surface area contributed by atoms with Crippen LogP contribution in [0.4, 0.5) is 5.13 Å². The van der Waals surface area contributed by atoms with Gasteiger partial charge in [0.25, 0.3) is 5.91 Å². The summed E-state index contributed by atoms with van der Waals surface area (Å²) >= 11 is 1.43. The predicted molar refractivity (Wildman–Crippen MR) is 92.5 cm³/mol. The minimum atomic E-state index is -0.198. The summed E-state index contributed by atoms with van der Waals surface area (Å²) in [5, 5.41) is 16.5. The highest BCUT2D eigenvalue weighted by molar-refractivity contribution is 7.15. The molecule has 1 aromatic carbocycles. The Morgan fingerprint density at radius 1 is 1.21 bits per heavy atom. The Balaban J connectivity index is 1.60. The number of carbonyl (C=O) groups excluding carboxylic acids is 1. The number of hydrogen-bond donors (Lipinski definition) is 1. The fraction of sp³-hybridized carbons (Fsp3) is 0.312. The number of hydrogen-bond acceptors (Lipinski definition) is 6. The lowest BCUT2D eigenvalue weighted by Gasteiger charge is -2.03. The molecule has 0 saturated carbocycles. The van der Waals surface area contributed by atoms with E-state index in [0.29, 0.717) is 10.7 Å². The van der Waals surface area contributed by atoms with Crippen LogP contribution in [0.25, 0.3) is 5.69 Å². The lowest BCUT2D eigenvalue weighted by molar-refractivity contribution is 0.102. The second-order valence-electron chi connectivity index (χ2n) is 5.30. The van der Waals surface area contributed by atoms with Gasteiger partial charge in [0, 0.05) is 12.0 Å². The van der Waals surface area contributed by atoms with E-state index < -0.39 is 0 Å². The van der Waals surface area contributed by atoms with Crippen LogP contribution in [0.5, 0.6) is 0 Å². The lowest BCUT2D eigenvalue weighted by Crippen LogP contribution is -2.11. The summed E-state index contributed by atoms with van der Waals surface area (Å²) in [6.45, 7) is 2.17. The zero-order valence-corrected chi connectivity index (χ0v) is 14.2. The number of nitrogens with one attached hydrogen (secondary N) is 1. The van der Waals surface area contributed by atoms with E-state index in [1.54, 1.807) is 23.1 Å². The van der Waals surface area contributed by atoms with Crippen LogP contribution >= 0.6 is 11.3 Å². The van der Waals surface area contributed by atoms with E-state index in [2.05, 4.69) is 32.5 Å². The lowest BCUT2D eigenvalue weighted by atomic mass is 10.2. The first-order valence-electron chi connectivity index (χ1n) is 7.85. The third-order valence-corrected chi connectivity index (χ3v) is 4.39. The molecule has 7 nitrogen and oxygen atoms in total. The molecule has 0 aliphatic heterocycles. The topological polar surface area (TPSA) is 85.6 Å². The van der Waals surface area contributed by atoms with Crippen LogP contribution in [0.2, 0.25) is 0 Å². The molecule has 2 aromatic heterocycles. The van der Waals surface area contributed by atoms with Gasteiger partial charge in [0.1, 0.15) is 17.7 Å². The second-order valence-corrected chi connectivity index (χ2v) is 6.36. The highest BCUT2D eigenvalue weighted by atomic mass is 32.1. The van der Waals surface area contributed by atoms with Crippen LogP contribution in [0, 0.1) is 0 Å². The molecule has 0 aliphatic rings. The zero-order chi connectivity index (χ0) is 16.8. The van der Waals surface area contributed by atoms with Gasteiger partial charge in [-0.15, -0.1) is 10.2 Å². The fourth-order valence-electron chi connectivity index (χ4n) is 2.21. The van der Waals surface area contributed by atoms with Crippen molar-refractivity contribution >= 4 is 22.4 Å². The van der Waals surface area contributed by atoms with Crippen molar-refractivity contribution in [2.24, 2.45) is 0 Å². The number of amides is 1. The van der Waals surface area contributed by atoms with Crippen LogP contribution in [-0.2, 0) is 6.42 Å². The standard InChI is InChI=1S/C16H18N6OS/c1-2-3-4-5-14-20-21-16(24-14)19-15(23)12-6-8-13(9-7-12)22-11-17-10-18-22/h6-11H,2-5H2,1H3,(H,19,21,23). The Morgan fingerprint density at radius 2 is 2.04 bits per heavy atom. The highest BCUT2D eigenvalue weighted by Crippen LogP contribution is 2.18. The molecule has 0 bridgehead atoms. The van der Waals surface area contributed by atoms with E-state index in [-0.39, 0.29) is 5.91 Å². The second kappa shape index (κ2) is 7.78. The number of rotatable bonds is 7. The van der Waals surface area contributed by atoms with Gasteiger partial charge in [-0.05, 0) is 30.7 Å². The van der Waals surface area contributed by atoms with Crippen molar-refractivity contribution in [2.75, 3.05) is 5.32 Å². The minimum Gasteiger partial charge on any atom is -0.296 e. The number of anilines is 1. The molecule has 124 valence electrons. The normalized spacial score (nSPS) is 10.7. The molecule has 0 fully saturated rings. The van der Waals surface area contributed by atoms with Crippen molar-refractivity contribution in [3.05, 3.63) is 47.5 Å². The van der Waals surface area contributed by atoms with Gasteiger partial charge in [-0.3, -0.25) is 10.1 Å². The number of aryl methyl sites for hydroxylation is 1. The number of nitrogens with zero attached hydrogens (tertiary/aromatic N) is 5. The Morgan fingerprint density at radius 3 is 2.75 bits per heavy atom. The molecule has 0 aliphatic carbocycles. The maximum Gasteiger partial charge on any atom is 0.257 e. The van der Waals surface area contributed by atoms with Crippen LogP contribution < -0.4 is 5.32 Å². The van der Waals surface area contributed by atoms with Crippen molar-refractivity contribution < 1.29 is 4.79 Å². The summed E-state index contributed by atoms with van der Waals surface area (Å²) in [6, 6.07) is 7.13. The van der Waals surface area contributed by atoms with E-state index in [0.717, 1.165) is 23.5 Å². The molecule has 1 amide bonds. The maximum absolute atomic E-state index is 12.3. The molecule has 0 saturated heterocycles. The van der Waals surface area contributed by atoms with Crippen molar-refractivity contribution in [3.8, 4) is 5.69 Å². The Hall–Kier alpha value is -2.61. The average Bonchev–Trinajstić information content (AvgIpc) is 3.27. The maximum atomic E-state index is 12.3. The summed E-state index contributed by atoms with van der Waals surface area (Å²) in [6.07, 6.45) is 7.44. The summed E-state index contributed by atoms with van der Waals surface area (Å²) in [5.41, 5.74) is 1.40. The fourth-order valence-corrected chi connectivity index (χ4v) is 2.98. The Bertz CT molecular complexity index is 781. The Kier molecular flexibility index (Phi) is 5.27. The van der Waals surface area contributed by atoms with Crippen molar-refractivity contribution in [1.82, 2.24) is 25.0 Å². The first-order valence-corrected chi connectivity index (χ1v) is 8.66. The van der Waals surface area contributed by atoms with E-state index in [1.807, 2.05) is 12.1 Å². The van der Waals surface area contributed by atoms with Crippen LogP contribution in [0.3, 0.4) is 0 Å². The summed E-state index contributed by atoms with van der Waals surface area (Å²) in [7, 11) is 0. The molecule has 1 N–H and O–H groups in total. The van der Waals surface area contributed by atoms with E-state index in [4.69, 9.17) is 0 Å². The summed E-state index contributed by atoms with van der Waals surface area (Å²) in [4.78, 5) is 16.2. The van der Waals surface area contributed by atoms with Gasteiger partial charge in [-0.2, -0.15) is 5.10 Å². The van der Waals surface area contributed by atoms with Gasteiger partial charge < -0.3 is 0 Å². The first-order chi connectivity index (χ1) is 11.8. The number of aromatic nitrogens is 5. The SMILES string of the molecule is CCCCCc1nnc(NC(=O)c2ccc(-n3cncn3)cc2)s1. The minimum absolute atomic E-state index is 0.198. The number of benzene rings is 1. The molecule has 8 heteroatoms. The third-order valence-electron chi connectivity index (χ3n) is 3.49. The Labute approximate surface area is 143 Å². The third kappa shape index (κ3) is 4.02. The average molecular weight is 342 g/mol. The first kappa shape index (κ1) is 16.3. The van der Waals surface area contributed by atoms with Gasteiger partial charge in [0.05, 0.1) is 5.69 Å². The van der Waals surface area contributed by atoms with Crippen LogP contribution in [0.1, 0.15) is 41.6 Å². The van der Waals surface area contributed by atoms with Gasteiger partial charge in [-0.25, -0.2) is 9.67 Å². The van der Waals surface area contributed by atoms with Crippen LogP contribution in [0.15, 0.2) is 36.9 Å². The molecule has 2 heterocycles. The summed E-state index contributed by atoms with van der Waals surface area (Å²) in [5.74, 6) is -0.198. The van der Waals surface area contributed by atoms with Gasteiger partial charge in [0.15, 0.2) is 0 Å². The van der Waals surface area contributed by atoms with Crippen LogP contribution in [-0.4, -0.2) is 30.9 Å².